The number of carbonyl (C=O) groups excluding carboxylic acids is 2. The molecule has 224 valence electrons. The summed E-state index contributed by atoms with van der Waals surface area (Å²) in [5.41, 5.74) is 3.18. The summed E-state index contributed by atoms with van der Waals surface area (Å²) in [6.07, 6.45) is 9.19. The first kappa shape index (κ1) is 32.0. The molecule has 0 fully saturated rings. The fourth-order valence-corrected chi connectivity index (χ4v) is 6.19. The van der Waals surface area contributed by atoms with Gasteiger partial charge in [0, 0.05) is 36.6 Å². The van der Waals surface area contributed by atoms with Crippen LogP contribution < -0.4 is 5.32 Å². The molecule has 0 aliphatic rings. The maximum atomic E-state index is 13.8. The first-order chi connectivity index (χ1) is 20.8. The summed E-state index contributed by atoms with van der Waals surface area (Å²) in [5.74, 6) is -0.149. The molecule has 0 aliphatic heterocycles. The Morgan fingerprint density at radius 2 is 1.81 bits per heavy atom. The van der Waals surface area contributed by atoms with E-state index in [0.29, 0.717) is 18.7 Å². The van der Waals surface area contributed by atoms with E-state index in [4.69, 9.17) is 4.98 Å². The number of carboxylic acid groups (broad SMARTS) is 1. The number of hydrogen-bond acceptors (Lipinski definition) is 6. The van der Waals surface area contributed by atoms with Gasteiger partial charge in [-0.15, -0.1) is 11.3 Å². The van der Waals surface area contributed by atoms with Crippen molar-refractivity contribution in [2.24, 2.45) is 0 Å². The molecule has 1 amide bonds. The van der Waals surface area contributed by atoms with Crippen LogP contribution in [-0.4, -0.2) is 43.4 Å². The second kappa shape index (κ2) is 16.0. The van der Waals surface area contributed by atoms with Gasteiger partial charge in [0.15, 0.2) is 5.12 Å². The Kier molecular flexibility index (Phi) is 11.9. The number of aromatic nitrogens is 2. The number of nitrogens with one attached hydrogen (secondary N) is 1. The molecule has 4 aromatic rings. The maximum absolute atomic E-state index is 13.8. The number of aromatic carboxylic acids is 1. The van der Waals surface area contributed by atoms with Gasteiger partial charge in [0.2, 0.25) is 5.91 Å². The molecule has 2 atom stereocenters. The number of imidazole rings is 1. The number of benzene rings is 2. The highest BCUT2D eigenvalue weighted by atomic mass is 32.2. The van der Waals surface area contributed by atoms with Crippen LogP contribution in [0, 0.1) is 0 Å². The van der Waals surface area contributed by atoms with Gasteiger partial charge >= 0.3 is 5.97 Å². The van der Waals surface area contributed by atoms with Crippen molar-refractivity contribution >= 4 is 46.2 Å². The van der Waals surface area contributed by atoms with E-state index in [2.05, 4.69) is 16.8 Å². The van der Waals surface area contributed by atoms with E-state index in [1.807, 2.05) is 78.3 Å². The van der Waals surface area contributed by atoms with Crippen LogP contribution in [0.5, 0.6) is 0 Å². The predicted octanol–water partition coefficient (Wildman–Crippen LogP) is 6.84. The third-order valence-corrected chi connectivity index (χ3v) is 8.95. The lowest BCUT2D eigenvalue weighted by Crippen LogP contribution is -2.40. The number of thiophene rings is 1. The highest BCUT2D eigenvalue weighted by molar-refractivity contribution is 8.13. The van der Waals surface area contributed by atoms with E-state index in [9.17, 15) is 19.5 Å². The molecule has 0 spiro atoms. The molecule has 1 unspecified atom stereocenters. The SMILES string of the molecule is CCCCc1ncc(C=CC(C(=O)N[C@@H](CSC(C)=O)Cc2ccccc2)c2cccs2)n1Cc1ccc(C(=O)O)cc1. The third kappa shape index (κ3) is 9.53. The van der Waals surface area contributed by atoms with Crippen molar-refractivity contribution in [3.63, 3.8) is 0 Å². The molecule has 9 heteroatoms. The Bertz CT molecular complexity index is 1510. The van der Waals surface area contributed by atoms with E-state index in [1.54, 1.807) is 19.1 Å². The van der Waals surface area contributed by atoms with E-state index >= 15 is 0 Å². The van der Waals surface area contributed by atoms with Crippen molar-refractivity contribution in [3.8, 4) is 0 Å². The molecule has 2 aromatic heterocycles. The largest absolute Gasteiger partial charge is 0.478 e. The lowest BCUT2D eigenvalue weighted by atomic mass is 10.0. The predicted molar refractivity (Wildman–Crippen MR) is 175 cm³/mol. The monoisotopic (exact) mass is 615 g/mol. The fourth-order valence-electron chi connectivity index (χ4n) is 4.75. The Morgan fingerprint density at radius 3 is 2.47 bits per heavy atom. The zero-order valence-electron chi connectivity index (χ0n) is 24.4. The summed E-state index contributed by atoms with van der Waals surface area (Å²) in [6.45, 7) is 4.22. The normalized spacial score (nSPS) is 12.7. The van der Waals surface area contributed by atoms with Gasteiger partial charge < -0.3 is 15.0 Å². The average Bonchev–Trinajstić information content (AvgIpc) is 3.66. The smallest absolute Gasteiger partial charge is 0.335 e. The second-order valence-electron chi connectivity index (χ2n) is 10.3. The zero-order valence-corrected chi connectivity index (χ0v) is 26.1. The van der Waals surface area contributed by atoms with Crippen molar-refractivity contribution < 1.29 is 19.5 Å². The maximum Gasteiger partial charge on any atom is 0.335 e. The number of thioether (sulfide) groups is 1. The minimum atomic E-state index is -0.953. The van der Waals surface area contributed by atoms with Crippen LogP contribution in [0.1, 0.15) is 70.5 Å². The molecule has 0 saturated carbocycles. The lowest BCUT2D eigenvalue weighted by Gasteiger charge is -2.21. The molecule has 2 N–H and O–H groups in total. The lowest BCUT2D eigenvalue weighted by molar-refractivity contribution is -0.122. The molecule has 7 nitrogen and oxygen atoms in total. The summed E-state index contributed by atoms with van der Waals surface area (Å²) < 4.78 is 2.13. The first-order valence-electron chi connectivity index (χ1n) is 14.4. The molecule has 2 heterocycles. The molecular weight excluding hydrogens is 579 g/mol. The highest BCUT2D eigenvalue weighted by Crippen LogP contribution is 2.25. The molecule has 0 bridgehead atoms. The Hall–Kier alpha value is -3.95. The van der Waals surface area contributed by atoms with Gasteiger partial charge in [0.1, 0.15) is 5.82 Å². The number of aryl methyl sites for hydroxylation is 1. The van der Waals surface area contributed by atoms with Crippen molar-refractivity contribution in [1.29, 1.82) is 0 Å². The molecular formula is C34H37N3O4S2. The number of carbonyl (C=O) groups is 3. The van der Waals surface area contributed by atoms with Crippen molar-refractivity contribution in [2.75, 3.05) is 5.75 Å². The summed E-state index contributed by atoms with van der Waals surface area (Å²) in [4.78, 5) is 42.5. The summed E-state index contributed by atoms with van der Waals surface area (Å²) in [7, 11) is 0. The van der Waals surface area contributed by atoms with Crippen LogP contribution in [0.4, 0.5) is 0 Å². The van der Waals surface area contributed by atoms with Gasteiger partial charge in [0.05, 0.1) is 23.4 Å². The standard InChI is InChI=1S/C34H37N3O4S2/c1-3-4-12-32-35-21-29(37(32)22-26-13-15-27(16-14-26)34(40)41)17-18-30(31-11-8-19-42-31)33(39)36-28(23-43-24(2)38)20-25-9-6-5-7-10-25/h5-11,13-19,21,28,30H,3-4,12,20,22-23H2,1-2H3,(H,36,39)(H,40,41)/t28-,30?/m1/s1. The van der Waals surface area contributed by atoms with Crippen LogP contribution in [-0.2, 0) is 29.0 Å². The van der Waals surface area contributed by atoms with E-state index < -0.39 is 11.9 Å². The number of hydrogen-bond donors (Lipinski definition) is 2. The summed E-state index contributed by atoms with van der Waals surface area (Å²) in [6, 6.07) is 20.5. The molecule has 0 radical (unpaired) electrons. The van der Waals surface area contributed by atoms with Gasteiger partial charge in [-0.3, -0.25) is 9.59 Å². The number of nitrogens with zero attached hydrogens (tertiary/aromatic N) is 2. The zero-order chi connectivity index (χ0) is 30.6. The van der Waals surface area contributed by atoms with Gasteiger partial charge in [-0.05, 0) is 53.6 Å². The Labute approximate surface area is 261 Å². The molecule has 0 aliphatic carbocycles. The van der Waals surface area contributed by atoms with Crippen LogP contribution in [0.15, 0.2) is 84.4 Å². The van der Waals surface area contributed by atoms with Gasteiger partial charge in [-0.1, -0.05) is 79.7 Å². The number of carboxylic acids is 1. The van der Waals surface area contributed by atoms with Gasteiger partial charge in [-0.2, -0.15) is 0 Å². The van der Waals surface area contributed by atoms with Crippen LogP contribution in [0.25, 0.3) is 6.08 Å². The van der Waals surface area contributed by atoms with E-state index in [1.165, 1.54) is 23.1 Å². The average molecular weight is 616 g/mol. The van der Waals surface area contributed by atoms with Gasteiger partial charge in [-0.25, -0.2) is 9.78 Å². The number of rotatable bonds is 15. The Morgan fingerprint density at radius 1 is 1.05 bits per heavy atom. The van der Waals surface area contributed by atoms with E-state index in [0.717, 1.165) is 46.8 Å². The highest BCUT2D eigenvalue weighted by Gasteiger charge is 2.23. The van der Waals surface area contributed by atoms with Crippen molar-refractivity contribution in [2.45, 2.75) is 58.0 Å². The summed E-state index contributed by atoms with van der Waals surface area (Å²) in [5, 5.41) is 14.5. The molecule has 0 saturated heterocycles. The van der Waals surface area contributed by atoms with Crippen molar-refractivity contribution in [1.82, 2.24) is 14.9 Å². The quantitative estimate of drug-likeness (QED) is 0.152. The minimum absolute atomic E-state index is 0.0201. The molecule has 4 rings (SSSR count). The van der Waals surface area contributed by atoms with Crippen LogP contribution >= 0.6 is 23.1 Å². The first-order valence-corrected chi connectivity index (χ1v) is 16.3. The van der Waals surface area contributed by atoms with Crippen LogP contribution in [0.3, 0.4) is 0 Å². The summed E-state index contributed by atoms with van der Waals surface area (Å²) >= 11 is 2.75. The van der Waals surface area contributed by atoms with Gasteiger partial charge in [0.25, 0.3) is 0 Å². The minimum Gasteiger partial charge on any atom is -0.478 e. The fraction of sp³-hybridized carbons (Fsp3) is 0.294. The topological polar surface area (TPSA) is 101 Å². The van der Waals surface area contributed by atoms with E-state index in [-0.39, 0.29) is 22.6 Å². The molecule has 2 aromatic carbocycles. The van der Waals surface area contributed by atoms with Crippen molar-refractivity contribution in [3.05, 3.63) is 117 Å². The third-order valence-electron chi connectivity index (χ3n) is 7.02. The second-order valence-corrected chi connectivity index (χ2v) is 12.5. The van der Waals surface area contributed by atoms with Crippen LogP contribution in [0.2, 0.25) is 0 Å². The number of amides is 1. The Balaban J connectivity index is 1.59. The number of unbranched alkanes of at least 4 members (excludes halogenated alkanes) is 1. The molecule has 43 heavy (non-hydrogen) atoms.